The van der Waals surface area contributed by atoms with E-state index in [9.17, 15) is 0 Å². The number of piperazine rings is 1. The summed E-state index contributed by atoms with van der Waals surface area (Å²) >= 11 is 0. The van der Waals surface area contributed by atoms with Crippen LogP contribution in [0.25, 0.3) is 0 Å². The molecule has 0 radical (unpaired) electrons. The minimum Gasteiger partial charge on any atom is -0.395 e. The lowest BCUT2D eigenvalue weighted by Gasteiger charge is -2.53. The molecule has 6 heteroatoms. The summed E-state index contributed by atoms with van der Waals surface area (Å²) in [7, 11) is -3.46. The molecule has 0 atom stereocenters. The molecule has 0 bridgehead atoms. The van der Waals surface area contributed by atoms with Crippen LogP contribution in [0.2, 0.25) is 29.2 Å². The highest BCUT2D eigenvalue weighted by Crippen LogP contribution is 2.44. The van der Waals surface area contributed by atoms with Crippen LogP contribution in [0.1, 0.15) is 55.4 Å². The van der Waals surface area contributed by atoms with Crippen molar-refractivity contribution in [1.29, 1.82) is 0 Å². The van der Waals surface area contributed by atoms with Crippen LogP contribution in [0.15, 0.2) is 0 Å². The molecule has 0 unspecified atom stereocenters. The van der Waals surface area contributed by atoms with Gasteiger partial charge in [0.05, 0.1) is 0 Å². The molecule has 1 aliphatic rings. The lowest BCUT2D eigenvalue weighted by Crippen LogP contribution is -2.65. The highest BCUT2D eigenvalue weighted by atomic mass is 28.4. The third kappa shape index (κ3) is 5.64. The second-order valence-electron chi connectivity index (χ2n) is 8.93. The normalized spacial score (nSPS) is 18.5. The minimum atomic E-state index is -1.99. The van der Waals surface area contributed by atoms with Crippen molar-refractivity contribution < 1.29 is 8.85 Å². The van der Waals surface area contributed by atoms with E-state index in [2.05, 4.69) is 71.4 Å². The fourth-order valence-corrected chi connectivity index (χ4v) is 15.1. The van der Waals surface area contributed by atoms with Crippen molar-refractivity contribution in [1.82, 2.24) is 9.47 Å². The van der Waals surface area contributed by atoms with Crippen LogP contribution in [-0.4, -0.2) is 72.2 Å². The molecule has 0 aromatic rings. The summed E-state index contributed by atoms with van der Waals surface area (Å²) in [4.78, 5) is 2.64. The highest BCUT2D eigenvalue weighted by Gasteiger charge is 2.48. The standard InChI is InChI=1S/C20H46N2O2Si2/c1-10-23-25(9,24-11-2)17-16-21-12-14-22(15-13-21)26(18(3)4,19(5)6)20(7)8/h18-20H,10-17H2,1-9H3. The first kappa shape index (κ1) is 24.3. The molecule has 26 heavy (non-hydrogen) atoms. The number of hydrogen-bond donors (Lipinski definition) is 0. The van der Waals surface area contributed by atoms with Gasteiger partial charge in [-0.05, 0) is 37.0 Å². The summed E-state index contributed by atoms with van der Waals surface area (Å²) in [5, 5.41) is 0. The number of nitrogens with zero attached hydrogens (tertiary/aromatic N) is 2. The Labute approximate surface area is 166 Å². The van der Waals surface area contributed by atoms with Gasteiger partial charge in [-0.2, -0.15) is 0 Å². The Bertz CT molecular complexity index is 369. The molecule has 0 amide bonds. The quantitative estimate of drug-likeness (QED) is 0.458. The maximum absolute atomic E-state index is 6.02. The lowest BCUT2D eigenvalue weighted by atomic mass is 10.4. The molecular weight excluding hydrogens is 356 g/mol. The molecule has 1 fully saturated rings. The van der Waals surface area contributed by atoms with Gasteiger partial charge in [-0.1, -0.05) is 41.5 Å². The second kappa shape index (κ2) is 10.7. The molecule has 156 valence electrons. The fourth-order valence-electron chi connectivity index (χ4n) is 5.61. The van der Waals surface area contributed by atoms with Gasteiger partial charge in [-0.25, -0.2) is 0 Å². The Balaban J connectivity index is 2.68. The van der Waals surface area contributed by atoms with E-state index < -0.39 is 16.8 Å². The van der Waals surface area contributed by atoms with Gasteiger partial charge in [0, 0.05) is 52.0 Å². The van der Waals surface area contributed by atoms with Crippen LogP contribution in [0.3, 0.4) is 0 Å². The molecule has 0 aromatic carbocycles. The Morgan fingerprint density at radius 3 is 1.54 bits per heavy atom. The summed E-state index contributed by atoms with van der Waals surface area (Å²) in [6.45, 7) is 28.7. The number of hydrogen-bond acceptors (Lipinski definition) is 4. The average Bonchev–Trinajstić information content (AvgIpc) is 2.54. The van der Waals surface area contributed by atoms with Crippen molar-refractivity contribution >= 4 is 16.8 Å². The van der Waals surface area contributed by atoms with Crippen LogP contribution < -0.4 is 0 Å². The maximum Gasteiger partial charge on any atom is 0.336 e. The van der Waals surface area contributed by atoms with Gasteiger partial charge in [-0.15, -0.1) is 0 Å². The molecule has 0 aliphatic carbocycles. The summed E-state index contributed by atoms with van der Waals surface area (Å²) in [5.74, 6) is 0. The Hall–Kier alpha value is 0.274. The average molecular weight is 403 g/mol. The third-order valence-electron chi connectivity index (χ3n) is 6.48. The number of rotatable bonds is 11. The molecule has 0 N–H and O–H groups in total. The van der Waals surface area contributed by atoms with E-state index in [4.69, 9.17) is 8.85 Å². The third-order valence-corrected chi connectivity index (χ3v) is 16.5. The Kier molecular flexibility index (Phi) is 10.0. The van der Waals surface area contributed by atoms with Crippen LogP contribution >= 0.6 is 0 Å². The summed E-state index contributed by atoms with van der Waals surface area (Å²) in [6, 6.07) is 1.08. The van der Waals surface area contributed by atoms with Gasteiger partial charge < -0.3 is 18.3 Å². The molecule has 1 heterocycles. The molecule has 0 spiro atoms. The van der Waals surface area contributed by atoms with E-state index in [1.54, 1.807) is 0 Å². The van der Waals surface area contributed by atoms with E-state index >= 15 is 0 Å². The summed E-state index contributed by atoms with van der Waals surface area (Å²) in [5.41, 5.74) is 2.42. The monoisotopic (exact) mass is 402 g/mol. The van der Waals surface area contributed by atoms with Gasteiger partial charge in [0.2, 0.25) is 0 Å². The second-order valence-corrected chi connectivity index (χ2v) is 18.1. The molecule has 1 aliphatic heterocycles. The molecule has 0 aromatic heterocycles. The Morgan fingerprint density at radius 2 is 1.19 bits per heavy atom. The first-order valence-electron chi connectivity index (χ1n) is 10.9. The topological polar surface area (TPSA) is 24.9 Å². The van der Waals surface area contributed by atoms with E-state index in [0.717, 1.165) is 42.4 Å². The predicted molar refractivity (Wildman–Crippen MR) is 119 cm³/mol. The lowest BCUT2D eigenvalue weighted by molar-refractivity contribution is 0.161. The van der Waals surface area contributed by atoms with Crippen molar-refractivity contribution in [3.63, 3.8) is 0 Å². The highest BCUT2D eigenvalue weighted by molar-refractivity contribution is 6.81. The van der Waals surface area contributed by atoms with Gasteiger partial charge in [0.25, 0.3) is 0 Å². The minimum absolute atomic E-state index is 0.766. The van der Waals surface area contributed by atoms with Crippen LogP contribution in [0, 0.1) is 0 Å². The van der Waals surface area contributed by atoms with Crippen molar-refractivity contribution in [3.8, 4) is 0 Å². The Morgan fingerprint density at radius 1 is 0.769 bits per heavy atom. The van der Waals surface area contributed by atoms with Gasteiger partial charge in [-0.3, -0.25) is 0 Å². The van der Waals surface area contributed by atoms with Gasteiger partial charge in [0.1, 0.15) is 8.24 Å². The molecule has 1 saturated heterocycles. The van der Waals surface area contributed by atoms with Crippen LogP contribution in [-0.2, 0) is 8.85 Å². The van der Waals surface area contributed by atoms with Gasteiger partial charge >= 0.3 is 8.56 Å². The summed E-state index contributed by atoms with van der Waals surface area (Å²) in [6.07, 6.45) is 0. The van der Waals surface area contributed by atoms with Gasteiger partial charge in [0.15, 0.2) is 0 Å². The van der Waals surface area contributed by atoms with E-state index in [0.29, 0.717) is 0 Å². The summed E-state index contributed by atoms with van der Waals surface area (Å²) < 4.78 is 15.0. The van der Waals surface area contributed by atoms with Crippen molar-refractivity contribution in [3.05, 3.63) is 0 Å². The zero-order valence-corrected chi connectivity index (χ0v) is 21.1. The van der Waals surface area contributed by atoms with Crippen molar-refractivity contribution in [2.75, 3.05) is 45.9 Å². The van der Waals surface area contributed by atoms with Crippen LogP contribution in [0.4, 0.5) is 0 Å². The molecule has 4 nitrogen and oxygen atoms in total. The molecular formula is C20H46N2O2Si2. The van der Waals surface area contributed by atoms with Crippen molar-refractivity contribution in [2.45, 2.75) is 84.6 Å². The first-order valence-corrected chi connectivity index (χ1v) is 15.6. The van der Waals surface area contributed by atoms with Crippen LogP contribution in [0.5, 0.6) is 0 Å². The molecule has 0 saturated carbocycles. The predicted octanol–water partition coefficient (Wildman–Crippen LogP) is 4.92. The van der Waals surface area contributed by atoms with E-state index in [1.807, 2.05) is 0 Å². The smallest absolute Gasteiger partial charge is 0.336 e. The fraction of sp³-hybridized carbons (Fsp3) is 1.00. The first-order chi connectivity index (χ1) is 12.1. The zero-order valence-electron chi connectivity index (χ0n) is 19.1. The largest absolute Gasteiger partial charge is 0.395 e. The van der Waals surface area contributed by atoms with Crippen molar-refractivity contribution in [2.24, 2.45) is 0 Å². The SMILES string of the molecule is CCO[Si](C)(CCN1CCN([Si](C(C)C)(C(C)C)C(C)C)CC1)OCC. The maximum atomic E-state index is 6.02. The molecule has 1 rings (SSSR count). The van der Waals surface area contributed by atoms with E-state index in [1.165, 1.54) is 26.2 Å². The zero-order chi connectivity index (χ0) is 20.0. The van der Waals surface area contributed by atoms with E-state index in [-0.39, 0.29) is 0 Å².